The first-order valence-corrected chi connectivity index (χ1v) is 6.22. The van der Waals surface area contributed by atoms with E-state index in [-0.39, 0.29) is 0 Å². The number of rotatable bonds is 6. The number of hydrogen-bond acceptors (Lipinski definition) is 3. The van der Waals surface area contributed by atoms with Crippen molar-refractivity contribution in [3.05, 3.63) is 47.5 Å². The van der Waals surface area contributed by atoms with Gasteiger partial charge in [-0.25, -0.2) is 4.79 Å². The number of halogens is 1. The summed E-state index contributed by atoms with van der Waals surface area (Å²) < 4.78 is 4.66. The van der Waals surface area contributed by atoms with E-state index in [0.29, 0.717) is 23.4 Å². The highest BCUT2D eigenvalue weighted by molar-refractivity contribution is 6.33. The molecule has 4 nitrogen and oxygen atoms in total. The molecule has 0 aliphatic carbocycles. The topological polar surface area (TPSA) is 55.4 Å². The van der Waals surface area contributed by atoms with Crippen molar-refractivity contribution in [1.82, 2.24) is 5.32 Å². The zero-order valence-electron chi connectivity index (χ0n) is 10.7. The van der Waals surface area contributed by atoms with E-state index in [0.717, 1.165) is 0 Å². The fourth-order valence-corrected chi connectivity index (χ4v) is 1.78. The van der Waals surface area contributed by atoms with Crippen molar-refractivity contribution in [2.45, 2.75) is 18.9 Å². The Morgan fingerprint density at radius 3 is 2.74 bits per heavy atom. The molecule has 1 aromatic rings. The number of methoxy groups -OCH3 is 1. The van der Waals surface area contributed by atoms with Crippen LogP contribution in [0.25, 0.3) is 0 Å². The molecule has 0 spiro atoms. The molecule has 0 aromatic heterocycles. The first-order chi connectivity index (χ1) is 9.10. The molecule has 0 saturated heterocycles. The Bertz CT molecular complexity index is 474. The molecule has 0 radical (unpaired) electrons. The van der Waals surface area contributed by atoms with Gasteiger partial charge in [0.15, 0.2) is 0 Å². The summed E-state index contributed by atoms with van der Waals surface area (Å²) in [5, 5.41) is 2.95. The lowest BCUT2D eigenvalue weighted by Gasteiger charge is -2.16. The number of nitrogens with one attached hydrogen (secondary N) is 1. The van der Waals surface area contributed by atoms with Gasteiger partial charge in [-0.3, -0.25) is 4.79 Å². The van der Waals surface area contributed by atoms with E-state index in [4.69, 9.17) is 11.6 Å². The molecule has 0 fully saturated rings. The van der Waals surface area contributed by atoms with Crippen LogP contribution >= 0.6 is 11.6 Å². The van der Waals surface area contributed by atoms with Gasteiger partial charge in [0.1, 0.15) is 6.04 Å². The average Bonchev–Trinajstić information content (AvgIpc) is 2.42. The van der Waals surface area contributed by atoms with Crippen LogP contribution < -0.4 is 5.32 Å². The normalized spacial score (nSPS) is 11.5. The van der Waals surface area contributed by atoms with Crippen molar-refractivity contribution in [2.24, 2.45) is 0 Å². The minimum Gasteiger partial charge on any atom is -0.467 e. The highest BCUT2D eigenvalue weighted by Crippen LogP contribution is 2.15. The lowest BCUT2D eigenvalue weighted by Crippen LogP contribution is -2.41. The Kier molecular flexibility index (Phi) is 6.09. The van der Waals surface area contributed by atoms with Crippen molar-refractivity contribution in [3.8, 4) is 0 Å². The third-order valence-electron chi connectivity index (χ3n) is 2.57. The molecular weight excluding hydrogens is 266 g/mol. The lowest BCUT2D eigenvalue weighted by atomic mass is 10.1. The van der Waals surface area contributed by atoms with Crippen LogP contribution in [0.2, 0.25) is 5.02 Å². The zero-order valence-corrected chi connectivity index (χ0v) is 11.4. The van der Waals surface area contributed by atoms with Crippen LogP contribution in [0.3, 0.4) is 0 Å². The third kappa shape index (κ3) is 4.41. The van der Waals surface area contributed by atoms with Gasteiger partial charge in [0.2, 0.25) is 0 Å². The molecule has 1 rings (SSSR count). The molecular formula is C14H16ClNO3. The van der Waals surface area contributed by atoms with Crippen molar-refractivity contribution in [2.75, 3.05) is 7.11 Å². The van der Waals surface area contributed by atoms with Gasteiger partial charge in [-0.1, -0.05) is 29.8 Å². The summed E-state index contributed by atoms with van der Waals surface area (Å²) in [7, 11) is 1.28. The molecule has 1 amide bonds. The van der Waals surface area contributed by atoms with E-state index in [1.165, 1.54) is 7.11 Å². The maximum Gasteiger partial charge on any atom is 0.328 e. The summed E-state index contributed by atoms with van der Waals surface area (Å²) in [6.07, 6.45) is 2.71. The van der Waals surface area contributed by atoms with Crippen molar-refractivity contribution >= 4 is 23.5 Å². The van der Waals surface area contributed by atoms with E-state index in [2.05, 4.69) is 16.6 Å². The largest absolute Gasteiger partial charge is 0.467 e. The zero-order chi connectivity index (χ0) is 14.3. The minimum absolute atomic E-state index is 0.330. The SMILES string of the molecule is C=CCC[C@@H](NC(=O)c1ccccc1Cl)C(=O)OC. The van der Waals surface area contributed by atoms with E-state index < -0.39 is 17.9 Å². The molecule has 0 heterocycles. The molecule has 0 aliphatic heterocycles. The summed E-state index contributed by atoms with van der Waals surface area (Å²) in [6, 6.07) is 5.95. The van der Waals surface area contributed by atoms with E-state index in [9.17, 15) is 9.59 Å². The molecule has 102 valence electrons. The number of esters is 1. The molecule has 5 heteroatoms. The standard InChI is InChI=1S/C14H16ClNO3/c1-3-4-9-12(14(18)19-2)16-13(17)10-7-5-6-8-11(10)15/h3,5-8,12H,1,4,9H2,2H3,(H,16,17)/t12-/m1/s1. The number of amides is 1. The predicted octanol–water partition coefficient (Wildman–Crippen LogP) is 2.58. The molecule has 0 saturated carbocycles. The number of allylic oxidation sites excluding steroid dienone is 1. The van der Waals surface area contributed by atoms with Crippen LogP contribution in [0.1, 0.15) is 23.2 Å². The second-order valence-electron chi connectivity index (χ2n) is 3.90. The first kappa shape index (κ1) is 15.2. The van der Waals surface area contributed by atoms with Crippen LogP contribution in [-0.2, 0) is 9.53 Å². The molecule has 0 unspecified atom stereocenters. The number of carbonyl (C=O) groups excluding carboxylic acids is 2. The van der Waals surface area contributed by atoms with Crippen LogP contribution in [-0.4, -0.2) is 25.0 Å². The van der Waals surface area contributed by atoms with Crippen molar-refractivity contribution in [1.29, 1.82) is 0 Å². The van der Waals surface area contributed by atoms with E-state index in [1.807, 2.05) is 0 Å². The highest BCUT2D eigenvalue weighted by atomic mass is 35.5. The highest BCUT2D eigenvalue weighted by Gasteiger charge is 2.22. The predicted molar refractivity (Wildman–Crippen MR) is 74.2 cm³/mol. The summed E-state index contributed by atoms with van der Waals surface area (Å²) in [6.45, 7) is 3.58. The number of hydrogen-bond donors (Lipinski definition) is 1. The fraction of sp³-hybridized carbons (Fsp3) is 0.286. The number of carbonyl (C=O) groups is 2. The summed E-state index contributed by atoms with van der Waals surface area (Å²) in [4.78, 5) is 23.6. The van der Waals surface area contributed by atoms with Gasteiger partial charge in [0.05, 0.1) is 17.7 Å². The van der Waals surface area contributed by atoms with Gasteiger partial charge in [-0.15, -0.1) is 6.58 Å². The smallest absolute Gasteiger partial charge is 0.328 e. The minimum atomic E-state index is -0.702. The quantitative estimate of drug-likeness (QED) is 0.644. The molecule has 19 heavy (non-hydrogen) atoms. The van der Waals surface area contributed by atoms with Crippen LogP contribution in [0.5, 0.6) is 0 Å². The second-order valence-corrected chi connectivity index (χ2v) is 4.30. The summed E-state index contributed by atoms with van der Waals surface area (Å²) >= 11 is 5.93. The lowest BCUT2D eigenvalue weighted by molar-refractivity contribution is -0.143. The average molecular weight is 282 g/mol. The van der Waals surface area contributed by atoms with Gasteiger partial charge in [0, 0.05) is 0 Å². The molecule has 1 aromatic carbocycles. The molecule has 1 N–H and O–H groups in total. The monoisotopic (exact) mass is 281 g/mol. The fourth-order valence-electron chi connectivity index (χ4n) is 1.56. The number of benzene rings is 1. The van der Waals surface area contributed by atoms with Crippen molar-refractivity contribution < 1.29 is 14.3 Å². The van der Waals surface area contributed by atoms with E-state index >= 15 is 0 Å². The Morgan fingerprint density at radius 1 is 1.47 bits per heavy atom. The Morgan fingerprint density at radius 2 is 2.16 bits per heavy atom. The van der Waals surface area contributed by atoms with Gasteiger partial charge in [-0.2, -0.15) is 0 Å². The van der Waals surface area contributed by atoms with E-state index in [1.54, 1.807) is 30.3 Å². The summed E-state index contributed by atoms with van der Waals surface area (Å²) in [5.74, 6) is -0.882. The van der Waals surface area contributed by atoms with Crippen LogP contribution in [0, 0.1) is 0 Å². The van der Waals surface area contributed by atoms with Gasteiger partial charge < -0.3 is 10.1 Å². The third-order valence-corrected chi connectivity index (χ3v) is 2.90. The molecule has 0 aliphatic rings. The van der Waals surface area contributed by atoms with Gasteiger partial charge >= 0.3 is 5.97 Å². The number of ether oxygens (including phenoxy) is 1. The Hall–Kier alpha value is -1.81. The second kappa shape index (κ2) is 7.59. The molecule has 1 atom stereocenters. The van der Waals surface area contributed by atoms with Crippen LogP contribution in [0.15, 0.2) is 36.9 Å². The van der Waals surface area contributed by atoms with Crippen LogP contribution in [0.4, 0.5) is 0 Å². The maximum absolute atomic E-state index is 12.0. The Labute approximate surface area is 117 Å². The first-order valence-electron chi connectivity index (χ1n) is 5.84. The van der Waals surface area contributed by atoms with Crippen molar-refractivity contribution in [3.63, 3.8) is 0 Å². The van der Waals surface area contributed by atoms with Gasteiger partial charge in [-0.05, 0) is 25.0 Å². The Balaban J connectivity index is 2.78. The van der Waals surface area contributed by atoms with Gasteiger partial charge in [0.25, 0.3) is 5.91 Å². The maximum atomic E-state index is 12.0. The molecule has 0 bridgehead atoms. The summed E-state index contributed by atoms with van der Waals surface area (Å²) in [5.41, 5.74) is 0.330.